The molecule has 0 unspecified atom stereocenters. The second-order valence-electron chi connectivity index (χ2n) is 3.03. The average molecular weight is 162 g/mol. The van der Waals surface area contributed by atoms with E-state index in [9.17, 15) is 0 Å². The molecule has 0 aromatic carbocycles. The lowest BCUT2D eigenvalue weighted by Crippen LogP contribution is -2.00. The van der Waals surface area contributed by atoms with Crippen molar-refractivity contribution in [3.8, 4) is 0 Å². The summed E-state index contributed by atoms with van der Waals surface area (Å²) in [6, 6.07) is 0. The van der Waals surface area contributed by atoms with Crippen molar-refractivity contribution in [1.29, 1.82) is 0 Å². The number of rotatable bonds is 1. The third kappa shape index (κ3) is 1.05. The first-order valence-electron chi connectivity index (χ1n) is 3.92. The Morgan fingerprint density at radius 2 is 2.17 bits per heavy atom. The number of hydrogen-bond donors (Lipinski definition) is 0. The summed E-state index contributed by atoms with van der Waals surface area (Å²) in [6.45, 7) is 4.18. The Morgan fingerprint density at radius 3 is 2.92 bits per heavy atom. The van der Waals surface area contributed by atoms with Gasteiger partial charge in [0.2, 0.25) is 0 Å². The highest BCUT2D eigenvalue weighted by Gasteiger charge is 2.02. The normalized spacial score (nSPS) is 11.2. The fraction of sp³-hybridized carbons (Fsp3) is 0.375. The van der Waals surface area contributed by atoms with Crippen molar-refractivity contribution >= 4 is 5.65 Å². The zero-order valence-electron chi connectivity index (χ0n) is 7.10. The van der Waals surface area contributed by atoms with E-state index in [1.165, 1.54) is 0 Å². The number of nitrogens with zero attached hydrogens (tertiary/aromatic N) is 4. The molecule has 0 amide bonds. The summed E-state index contributed by atoms with van der Waals surface area (Å²) in [6.07, 6.45) is 5.15. The number of hydrogen-bond acceptors (Lipinski definition) is 3. The first-order chi connectivity index (χ1) is 5.77. The molecule has 2 heterocycles. The lowest BCUT2D eigenvalue weighted by molar-refractivity contribution is 0.747. The maximum absolute atomic E-state index is 4.33. The van der Waals surface area contributed by atoms with Crippen molar-refractivity contribution in [2.45, 2.75) is 19.8 Å². The summed E-state index contributed by atoms with van der Waals surface area (Å²) < 4.78 is 1.69. The van der Waals surface area contributed by atoms with Crippen LogP contribution in [0.4, 0.5) is 0 Å². The van der Waals surface area contributed by atoms with Gasteiger partial charge >= 0.3 is 0 Å². The van der Waals surface area contributed by atoms with Crippen molar-refractivity contribution in [2.75, 3.05) is 0 Å². The molecule has 0 saturated heterocycles. The van der Waals surface area contributed by atoms with Gasteiger partial charge in [-0.3, -0.25) is 0 Å². The molecule has 62 valence electrons. The predicted octanol–water partition coefficient (Wildman–Crippen LogP) is 1.25. The molecule has 2 aromatic rings. The minimum Gasteiger partial charge on any atom is -0.241 e. The van der Waals surface area contributed by atoms with Gasteiger partial charge in [-0.15, -0.1) is 0 Å². The molecule has 0 spiro atoms. The largest absolute Gasteiger partial charge is 0.241 e. The van der Waals surface area contributed by atoms with Crippen LogP contribution in [0, 0.1) is 0 Å². The summed E-state index contributed by atoms with van der Waals surface area (Å²) in [5.74, 6) is 0.407. The Morgan fingerprint density at radius 1 is 1.33 bits per heavy atom. The molecule has 0 fully saturated rings. The number of fused-ring (bicyclic) bond motifs is 1. The summed E-state index contributed by atoms with van der Waals surface area (Å²) >= 11 is 0. The molecule has 4 nitrogen and oxygen atoms in total. The van der Waals surface area contributed by atoms with E-state index in [1.807, 2.05) is 0 Å². The Labute approximate surface area is 70.3 Å². The van der Waals surface area contributed by atoms with Gasteiger partial charge < -0.3 is 0 Å². The maximum Gasteiger partial charge on any atom is 0.173 e. The standard InChI is InChI=1S/C8H10N4/c1-6(2)7-3-10-8-4-9-5-12(8)11-7/h3-6H,1-2H3. The van der Waals surface area contributed by atoms with Crippen LogP contribution >= 0.6 is 0 Å². The molecule has 0 aliphatic rings. The molecule has 0 aliphatic heterocycles. The van der Waals surface area contributed by atoms with Gasteiger partial charge in [-0.1, -0.05) is 13.8 Å². The predicted molar refractivity (Wildman–Crippen MR) is 44.9 cm³/mol. The number of aromatic nitrogens is 4. The monoisotopic (exact) mass is 162 g/mol. The van der Waals surface area contributed by atoms with E-state index < -0.39 is 0 Å². The summed E-state index contributed by atoms with van der Waals surface area (Å²) in [4.78, 5) is 8.14. The molecule has 0 bridgehead atoms. The zero-order valence-corrected chi connectivity index (χ0v) is 7.10. The van der Waals surface area contributed by atoms with Crippen LogP contribution in [0.2, 0.25) is 0 Å². The summed E-state index contributed by atoms with van der Waals surface area (Å²) in [5.41, 5.74) is 1.78. The summed E-state index contributed by atoms with van der Waals surface area (Å²) in [7, 11) is 0. The van der Waals surface area contributed by atoms with E-state index in [0.717, 1.165) is 11.3 Å². The van der Waals surface area contributed by atoms with Crippen LogP contribution in [0.15, 0.2) is 18.7 Å². The molecule has 2 aromatic heterocycles. The van der Waals surface area contributed by atoms with Gasteiger partial charge in [-0.05, 0) is 5.92 Å². The minimum atomic E-state index is 0.407. The van der Waals surface area contributed by atoms with Gasteiger partial charge in [0.05, 0.1) is 18.1 Å². The van der Waals surface area contributed by atoms with Crippen molar-refractivity contribution in [2.24, 2.45) is 0 Å². The van der Waals surface area contributed by atoms with E-state index in [0.29, 0.717) is 5.92 Å². The first kappa shape index (κ1) is 7.21. The highest BCUT2D eigenvalue weighted by molar-refractivity contribution is 5.32. The quantitative estimate of drug-likeness (QED) is 0.633. The van der Waals surface area contributed by atoms with Gasteiger partial charge in [-0.25, -0.2) is 14.5 Å². The SMILES string of the molecule is CC(C)c1cnc2cncn2n1. The maximum atomic E-state index is 4.33. The topological polar surface area (TPSA) is 43.1 Å². The highest BCUT2D eigenvalue weighted by atomic mass is 15.3. The Bertz CT molecular complexity index is 391. The van der Waals surface area contributed by atoms with Crippen LogP contribution in [0.5, 0.6) is 0 Å². The fourth-order valence-electron chi connectivity index (χ4n) is 0.998. The van der Waals surface area contributed by atoms with Crippen molar-refractivity contribution in [3.63, 3.8) is 0 Å². The van der Waals surface area contributed by atoms with E-state index >= 15 is 0 Å². The van der Waals surface area contributed by atoms with Gasteiger partial charge in [0.1, 0.15) is 6.33 Å². The molecule has 0 N–H and O–H groups in total. The molecular formula is C8H10N4. The fourth-order valence-corrected chi connectivity index (χ4v) is 0.998. The third-order valence-corrected chi connectivity index (χ3v) is 1.74. The van der Waals surface area contributed by atoms with Gasteiger partial charge in [-0.2, -0.15) is 5.10 Å². The van der Waals surface area contributed by atoms with Crippen LogP contribution in [0.3, 0.4) is 0 Å². The van der Waals surface area contributed by atoms with E-state index in [1.54, 1.807) is 23.2 Å². The van der Waals surface area contributed by atoms with Crippen LogP contribution in [-0.4, -0.2) is 19.6 Å². The number of imidazole rings is 1. The Hall–Kier alpha value is -1.45. The second-order valence-corrected chi connectivity index (χ2v) is 3.03. The third-order valence-electron chi connectivity index (χ3n) is 1.74. The van der Waals surface area contributed by atoms with Crippen molar-refractivity contribution in [3.05, 3.63) is 24.4 Å². The first-order valence-corrected chi connectivity index (χ1v) is 3.92. The van der Waals surface area contributed by atoms with Crippen molar-refractivity contribution in [1.82, 2.24) is 19.6 Å². The minimum absolute atomic E-state index is 0.407. The van der Waals surface area contributed by atoms with Gasteiger partial charge in [0, 0.05) is 0 Å². The second kappa shape index (κ2) is 2.55. The molecule has 0 radical (unpaired) electrons. The summed E-state index contributed by atoms with van der Waals surface area (Å²) in [5, 5.41) is 4.33. The van der Waals surface area contributed by atoms with E-state index in [2.05, 4.69) is 28.9 Å². The van der Waals surface area contributed by atoms with Crippen LogP contribution in [0.25, 0.3) is 5.65 Å². The lowest BCUT2D eigenvalue weighted by atomic mass is 10.2. The molecule has 4 heteroatoms. The molecular weight excluding hydrogens is 152 g/mol. The molecule has 12 heavy (non-hydrogen) atoms. The van der Waals surface area contributed by atoms with E-state index in [-0.39, 0.29) is 0 Å². The lowest BCUT2D eigenvalue weighted by Gasteiger charge is -2.02. The van der Waals surface area contributed by atoms with Crippen molar-refractivity contribution < 1.29 is 0 Å². The molecule has 0 aliphatic carbocycles. The molecule has 2 rings (SSSR count). The van der Waals surface area contributed by atoms with Crippen LogP contribution in [-0.2, 0) is 0 Å². The molecule has 0 saturated carbocycles. The van der Waals surface area contributed by atoms with E-state index in [4.69, 9.17) is 0 Å². The molecule has 0 atom stereocenters. The van der Waals surface area contributed by atoms with Crippen LogP contribution < -0.4 is 0 Å². The highest BCUT2D eigenvalue weighted by Crippen LogP contribution is 2.09. The Balaban J connectivity index is 2.60. The Kier molecular flexibility index (Phi) is 1.53. The smallest absolute Gasteiger partial charge is 0.173 e. The zero-order chi connectivity index (χ0) is 8.55. The van der Waals surface area contributed by atoms with Gasteiger partial charge in [0.15, 0.2) is 5.65 Å². The van der Waals surface area contributed by atoms with Gasteiger partial charge in [0.25, 0.3) is 0 Å². The average Bonchev–Trinajstić information content (AvgIpc) is 2.49. The van der Waals surface area contributed by atoms with Crippen LogP contribution in [0.1, 0.15) is 25.5 Å².